The Balaban J connectivity index is 2.33. The maximum atomic E-state index is 10.8. The van der Waals surface area contributed by atoms with Crippen LogP contribution < -0.4 is 0 Å². The molecule has 0 aliphatic carbocycles. The van der Waals surface area contributed by atoms with Gasteiger partial charge in [-0.15, -0.1) is 5.10 Å². The predicted molar refractivity (Wildman–Crippen MR) is 59.1 cm³/mol. The van der Waals surface area contributed by atoms with Crippen molar-refractivity contribution in [3.8, 4) is 11.4 Å². The minimum atomic E-state index is -0.951. The molecule has 1 unspecified atom stereocenters. The van der Waals surface area contributed by atoms with Crippen LogP contribution in [0.2, 0.25) is 0 Å². The summed E-state index contributed by atoms with van der Waals surface area (Å²) in [5.41, 5.74) is 1.00. The second kappa shape index (κ2) is 4.25. The molecule has 6 heteroatoms. The van der Waals surface area contributed by atoms with Crippen LogP contribution in [-0.4, -0.2) is 31.2 Å². The van der Waals surface area contributed by atoms with Gasteiger partial charge in [-0.3, -0.25) is 4.79 Å². The minimum Gasteiger partial charge on any atom is -0.508 e. The average Bonchev–Trinajstić information content (AvgIpc) is 2.77. The molecule has 88 valence electrons. The molecule has 1 aromatic carbocycles. The maximum absolute atomic E-state index is 10.8. The average molecular weight is 233 g/mol. The number of carbonyl (C=O) groups is 1. The van der Waals surface area contributed by atoms with Crippen molar-refractivity contribution in [1.29, 1.82) is 0 Å². The fourth-order valence-electron chi connectivity index (χ4n) is 1.36. The van der Waals surface area contributed by atoms with Gasteiger partial charge in [0.05, 0.1) is 23.5 Å². The summed E-state index contributed by atoms with van der Waals surface area (Å²) in [6, 6.07) is 6.47. The van der Waals surface area contributed by atoms with Crippen LogP contribution >= 0.6 is 0 Å². The molecule has 0 radical (unpaired) electrons. The Morgan fingerprint density at radius 2 is 2.24 bits per heavy atom. The van der Waals surface area contributed by atoms with Crippen molar-refractivity contribution in [3.05, 3.63) is 36.2 Å². The molecule has 0 saturated carbocycles. The van der Waals surface area contributed by atoms with E-state index >= 15 is 0 Å². The third-order valence-electron chi connectivity index (χ3n) is 2.42. The van der Waals surface area contributed by atoms with Gasteiger partial charge >= 0.3 is 5.97 Å². The van der Waals surface area contributed by atoms with Crippen LogP contribution in [0.15, 0.2) is 30.5 Å². The van der Waals surface area contributed by atoms with Crippen molar-refractivity contribution in [3.63, 3.8) is 0 Å². The predicted octanol–water partition coefficient (Wildman–Crippen LogP) is 1.16. The molecule has 0 spiro atoms. The molecule has 6 nitrogen and oxygen atoms in total. The summed E-state index contributed by atoms with van der Waals surface area (Å²) in [7, 11) is 0. The lowest BCUT2D eigenvalue weighted by molar-refractivity contribution is -0.138. The molecule has 0 bridgehead atoms. The van der Waals surface area contributed by atoms with Crippen LogP contribution in [0.4, 0.5) is 0 Å². The van der Waals surface area contributed by atoms with Gasteiger partial charge in [0.2, 0.25) is 0 Å². The monoisotopic (exact) mass is 233 g/mol. The van der Waals surface area contributed by atoms with Crippen LogP contribution in [0.1, 0.15) is 18.5 Å². The first-order chi connectivity index (χ1) is 8.08. The Labute approximate surface area is 97.1 Å². The fourth-order valence-corrected chi connectivity index (χ4v) is 1.36. The highest BCUT2D eigenvalue weighted by Gasteiger charge is 2.17. The van der Waals surface area contributed by atoms with Gasteiger partial charge < -0.3 is 10.2 Å². The Bertz CT molecular complexity index is 550. The number of phenols is 1. The van der Waals surface area contributed by atoms with Crippen molar-refractivity contribution in [2.24, 2.45) is 0 Å². The first-order valence-corrected chi connectivity index (χ1v) is 5.02. The summed E-state index contributed by atoms with van der Waals surface area (Å²) in [5, 5.41) is 25.8. The highest BCUT2D eigenvalue weighted by molar-refractivity contribution is 5.74. The summed E-state index contributed by atoms with van der Waals surface area (Å²) in [5.74, 6) is -1.54. The van der Waals surface area contributed by atoms with E-state index in [1.54, 1.807) is 25.1 Å². The Morgan fingerprint density at radius 1 is 1.47 bits per heavy atom. The number of hydrogen-bond acceptors (Lipinski definition) is 4. The number of carboxylic acid groups (broad SMARTS) is 1. The largest absolute Gasteiger partial charge is 0.508 e. The SMILES string of the molecule is CC(C(=O)O)c1cn(-c2cccc(O)c2)nn1. The maximum Gasteiger partial charge on any atom is 0.312 e. The zero-order chi connectivity index (χ0) is 12.4. The molecule has 1 aromatic heterocycles. The second-order valence-corrected chi connectivity index (χ2v) is 3.67. The van der Waals surface area contributed by atoms with Crippen molar-refractivity contribution in [2.75, 3.05) is 0 Å². The zero-order valence-electron chi connectivity index (χ0n) is 9.11. The molecule has 1 atom stereocenters. The number of nitrogens with zero attached hydrogens (tertiary/aromatic N) is 3. The number of benzene rings is 1. The highest BCUT2D eigenvalue weighted by atomic mass is 16.4. The molecular formula is C11H11N3O3. The number of hydrogen-bond donors (Lipinski definition) is 2. The molecule has 2 aromatic rings. The number of rotatable bonds is 3. The van der Waals surface area contributed by atoms with Crippen molar-refractivity contribution in [1.82, 2.24) is 15.0 Å². The minimum absolute atomic E-state index is 0.117. The van der Waals surface area contributed by atoms with Gasteiger partial charge in [0.1, 0.15) is 5.75 Å². The van der Waals surface area contributed by atoms with E-state index in [2.05, 4.69) is 10.3 Å². The molecule has 17 heavy (non-hydrogen) atoms. The first kappa shape index (κ1) is 11.1. The molecule has 2 rings (SSSR count). The van der Waals surface area contributed by atoms with E-state index < -0.39 is 11.9 Å². The van der Waals surface area contributed by atoms with Crippen molar-refractivity contribution < 1.29 is 15.0 Å². The van der Waals surface area contributed by atoms with Gasteiger partial charge in [0.15, 0.2) is 0 Å². The van der Waals surface area contributed by atoms with Crippen LogP contribution in [0, 0.1) is 0 Å². The smallest absolute Gasteiger partial charge is 0.312 e. The lowest BCUT2D eigenvalue weighted by atomic mass is 10.1. The molecule has 0 aliphatic heterocycles. The summed E-state index contributed by atoms with van der Waals surface area (Å²) in [6.07, 6.45) is 1.54. The molecule has 0 saturated heterocycles. The van der Waals surface area contributed by atoms with Crippen LogP contribution in [0.5, 0.6) is 5.75 Å². The van der Waals surface area contributed by atoms with E-state index in [1.807, 2.05) is 0 Å². The van der Waals surface area contributed by atoms with Gasteiger partial charge in [-0.05, 0) is 19.1 Å². The van der Waals surface area contributed by atoms with Gasteiger partial charge in [0.25, 0.3) is 0 Å². The second-order valence-electron chi connectivity index (χ2n) is 3.67. The fraction of sp³-hybridized carbons (Fsp3) is 0.182. The summed E-state index contributed by atoms with van der Waals surface area (Å²) in [4.78, 5) is 10.8. The summed E-state index contributed by atoms with van der Waals surface area (Å²) in [6.45, 7) is 1.54. The molecule has 2 N–H and O–H groups in total. The molecule has 0 aliphatic rings. The van der Waals surface area contributed by atoms with Gasteiger partial charge in [-0.2, -0.15) is 0 Å². The van der Waals surface area contributed by atoms with Crippen molar-refractivity contribution >= 4 is 5.97 Å². The topological polar surface area (TPSA) is 88.2 Å². The van der Waals surface area contributed by atoms with E-state index in [1.165, 1.54) is 16.9 Å². The van der Waals surface area contributed by atoms with Crippen LogP contribution in [0.3, 0.4) is 0 Å². The highest BCUT2D eigenvalue weighted by Crippen LogP contribution is 2.17. The summed E-state index contributed by atoms with van der Waals surface area (Å²) >= 11 is 0. The third kappa shape index (κ3) is 2.25. The Kier molecular flexibility index (Phi) is 2.78. The van der Waals surface area contributed by atoms with Crippen molar-refractivity contribution in [2.45, 2.75) is 12.8 Å². The number of carboxylic acids is 1. The van der Waals surface area contributed by atoms with E-state index in [9.17, 15) is 9.90 Å². The van der Waals surface area contributed by atoms with Crippen LogP contribution in [0.25, 0.3) is 5.69 Å². The third-order valence-corrected chi connectivity index (χ3v) is 2.42. The number of phenolic OH excluding ortho intramolecular Hbond substituents is 1. The number of aliphatic carboxylic acids is 1. The first-order valence-electron chi connectivity index (χ1n) is 5.02. The number of aromatic nitrogens is 3. The quantitative estimate of drug-likeness (QED) is 0.830. The van der Waals surface area contributed by atoms with E-state index in [0.717, 1.165) is 0 Å². The van der Waals surface area contributed by atoms with Gasteiger partial charge in [-0.1, -0.05) is 11.3 Å². The summed E-state index contributed by atoms with van der Waals surface area (Å²) < 4.78 is 1.43. The Hall–Kier alpha value is -2.37. The lowest BCUT2D eigenvalue weighted by Gasteiger charge is -2.00. The normalized spacial score (nSPS) is 12.3. The van der Waals surface area contributed by atoms with E-state index in [-0.39, 0.29) is 5.75 Å². The molecule has 1 heterocycles. The zero-order valence-corrected chi connectivity index (χ0v) is 9.11. The lowest BCUT2D eigenvalue weighted by Crippen LogP contribution is -2.07. The van der Waals surface area contributed by atoms with E-state index in [4.69, 9.17) is 5.11 Å². The molecule has 0 fully saturated rings. The molecule has 0 amide bonds. The van der Waals surface area contributed by atoms with E-state index in [0.29, 0.717) is 11.4 Å². The Morgan fingerprint density at radius 3 is 2.88 bits per heavy atom. The molecular weight excluding hydrogens is 222 g/mol. The van der Waals surface area contributed by atoms with Crippen LogP contribution in [-0.2, 0) is 4.79 Å². The van der Waals surface area contributed by atoms with Gasteiger partial charge in [0, 0.05) is 6.07 Å². The van der Waals surface area contributed by atoms with Gasteiger partial charge in [-0.25, -0.2) is 4.68 Å². The standard InChI is InChI=1S/C11H11N3O3/c1-7(11(16)17)10-6-14(13-12-10)8-3-2-4-9(15)5-8/h2-7,15H,1H3,(H,16,17). The number of aromatic hydroxyl groups is 1.